The van der Waals surface area contributed by atoms with Gasteiger partial charge in [-0.2, -0.15) is 10.1 Å². The minimum Gasteiger partial charge on any atom is -0.495 e. The van der Waals surface area contributed by atoms with Crippen LogP contribution in [0.4, 0.5) is 23.1 Å². The van der Waals surface area contributed by atoms with E-state index in [2.05, 4.69) is 25.8 Å². The number of aryl methyl sites for hydroxylation is 1. The Bertz CT molecular complexity index is 999. The first kappa shape index (κ1) is 17.2. The van der Waals surface area contributed by atoms with Crippen molar-refractivity contribution in [2.75, 3.05) is 24.5 Å². The van der Waals surface area contributed by atoms with E-state index in [0.717, 1.165) is 11.3 Å². The summed E-state index contributed by atoms with van der Waals surface area (Å²) in [5, 5.41) is 14.9. The van der Waals surface area contributed by atoms with Crippen molar-refractivity contribution in [3.63, 3.8) is 0 Å². The smallest absolute Gasteiger partial charge is 0.249 e. The van der Waals surface area contributed by atoms with Crippen LogP contribution < -0.4 is 24.8 Å². The highest BCUT2D eigenvalue weighted by molar-refractivity contribution is 6.31. The third-order valence-electron chi connectivity index (χ3n) is 3.93. The van der Waals surface area contributed by atoms with Crippen LogP contribution in [0, 0.1) is 6.92 Å². The Hall–Kier alpha value is -3.26. The predicted octanol–water partition coefficient (Wildman–Crippen LogP) is 4.06. The second-order valence-electron chi connectivity index (χ2n) is 5.78. The number of ether oxygens (including phenoxy) is 3. The average molecular weight is 386 g/mol. The Morgan fingerprint density at radius 1 is 1.11 bits per heavy atom. The van der Waals surface area contributed by atoms with Crippen molar-refractivity contribution in [3.05, 3.63) is 47.1 Å². The number of halogens is 1. The largest absolute Gasteiger partial charge is 0.495 e. The van der Waals surface area contributed by atoms with Crippen LogP contribution in [0.1, 0.15) is 5.56 Å². The fourth-order valence-corrected chi connectivity index (χ4v) is 2.74. The molecule has 3 aromatic rings. The van der Waals surface area contributed by atoms with Gasteiger partial charge in [-0.05, 0) is 30.7 Å². The number of nitrogens with zero attached hydrogens (tertiary/aromatic N) is 3. The Morgan fingerprint density at radius 3 is 2.81 bits per heavy atom. The van der Waals surface area contributed by atoms with Gasteiger partial charge < -0.3 is 24.8 Å². The maximum absolute atomic E-state index is 6.14. The molecule has 0 bridgehead atoms. The molecule has 138 valence electrons. The lowest BCUT2D eigenvalue weighted by atomic mass is 10.2. The number of methoxy groups -OCH3 is 1. The van der Waals surface area contributed by atoms with E-state index in [4.69, 9.17) is 25.8 Å². The van der Waals surface area contributed by atoms with Gasteiger partial charge in [0.15, 0.2) is 17.3 Å². The molecular weight excluding hydrogens is 370 g/mol. The van der Waals surface area contributed by atoms with Gasteiger partial charge in [-0.1, -0.05) is 11.6 Å². The van der Waals surface area contributed by atoms with Crippen LogP contribution in [0.15, 0.2) is 36.5 Å². The maximum Gasteiger partial charge on any atom is 0.249 e. The molecule has 1 aliphatic heterocycles. The van der Waals surface area contributed by atoms with E-state index in [-0.39, 0.29) is 6.79 Å². The van der Waals surface area contributed by atoms with Crippen LogP contribution in [0.5, 0.6) is 17.2 Å². The molecule has 9 heteroatoms. The van der Waals surface area contributed by atoms with Crippen molar-refractivity contribution in [2.45, 2.75) is 6.92 Å². The van der Waals surface area contributed by atoms with Crippen molar-refractivity contribution >= 4 is 34.7 Å². The van der Waals surface area contributed by atoms with E-state index in [1.54, 1.807) is 13.2 Å². The zero-order valence-corrected chi connectivity index (χ0v) is 15.4. The normalized spacial score (nSPS) is 12.0. The van der Waals surface area contributed by atoms with Crippen LogP contribution in [0.3, 0.4) is 0 Å². The highest BCUT2D eigenvalue weighted by Crippen LogP contribution is 2.35. The summed E-state index contributed by atoms with van der Waals surface area (Å²) in [6.45, 7) is 2.13. The standard InChI is InChI=1S/C18H16ClN5O3/c1-10-5-13(15(25-2)7-12(10)19)22-18-23-17(8-20-24-18)21-11-3-4-14-16(6-11)27-9-26-14/h3-8H,9H2,1-2H3,(H2,21,22,23,24). The van der Waals surface area contributed by atoms with Crippen LogP contribution in [0.25, 0.3) is 0 Å². The van der Waals surface area contributed by atoms with Gasteiger partial charge >= 0.3 is 0 Å². The van der Waals surface area contributed by atoms with Gasteiger partial charge in [-0.15, -0.1) is 5.10 Å². The molecule has 8 nitrogen and oxygen atoms in total. The number of rotatable bonds is 5. The molecule has 2 N–H and O–H groups in total. The lowest BCUT2D eigenvalue weighted by Gasteiger charge is -2.12. The highest BCUT2D eigenvalue weighted by atomic mass is 35.5. The third kappa shape index (κ3) is 3.65. The number of aromatic nitrogens is 3. The molecule has 4 rings (SSSR count). The fourth-order valence-electron chi connectivity index (χ4n) is 2.59. The second kappa shape index (κ2) is 7.16. The van der Waals surface area contributed by atoms with Crippen molar-refractivity contribution in [1.82, 2.24) is 15.2 Å². The number of nitrogens with one attached hydrogen (secondary N) is 2. The first-order valence-corrected chi connectivity index (χ1v) is 8.48. The van der Waals surface area contributed by atoms with Crippen LogP contribution in [-0.4, -0.2) is 29.1 Å². The summed E-state index contributed by atoms with van der Waals surface area (Å²) in [6.07, 6.45) is 1.53. The number of hydrogen-bond donors (Lipinski definition) is 2. The molecule has 0 aliphatic carbocycles. The maximum atomic E-state index is 6.14. The number of benzene rings is 2. The van der Waals surface area contributed by atoms with Gasteiger partial charge in [-0.3, -0.25) is 0 Å². The van der Waals surface area contributed by atoms with E-state index >= 15 is 0 Å². The van der Waals surface area contributed by atoms with Gasteiger partial charge in [0.25, 0.3) is 0 Å². The predicted molar refractivity (Wildman–Crippen MR) is 102 cm³/mol. The molecule has 1 aliphatic rings. The zero-order valence-electron chi connectivity index (χ0n) is 14.6. The minimum atomic E-state index is 0.226. The molecule has 0 atom stereocenters. The second-order valence-corrected chi connectivity index (χ2v) is 6.19. The highest BCUT2D eigenvalue weighted by Gasteiger charge is 2.14. The monoisotopic (exact) mass is 385 g/mol. The summed E-state index contributed by atoms with van der Waals surface area (Å²) in [5.41, 5.74) is 2.40. The first-order chi connectivity index (χ1) is 13.1. The molecule has 0 fully saturated rings. The minimum absolute atomic E-state index is 0.226. The quantitative estimate of drug-likeness (QED) is 0.679. The van der Waals surface area contributed by atoms with Gasteiger partial charge in [0.1, 0.15) is 5.75 Å². The van der Waals surface area contributed by atoms with E-state index in [0.29, 0.717) is 39.7 Å². The Labute approximate surface area is 160 Å². The van der Waals surface area contributed by atoms with E-state index in [1.165, 1.54) is 6.20 Å². The molecular formula is C18H16ClN5O3. The molecule has 0 amide bonds. The summed E-state index contributed by atoms with van der Waals surface area (Å²) < 4.78 is 16.0. The summed E-state index contributed by atoms with van der Waals surface area (Å²) >= 11 is 6.14. The van der Waals surface area contributed by atoms with Gasteiger partial charge in [0, 0.05) is 22.8 Å². The number of fused-ring (bicyclic) bond motifs is 1. The summed E-state index contributed by atoms with van der Waals surface area (Å²) in [6, 6.07) is 9.14. The summed E-state index contributed by atoms with van der Waals surface area (Å²) in [4.78, 5) is 4.43. The Morgan fingerprint density at radius 2 is 1.96 bits per heavy atom. The third-order valence-corrected chi connectivity index (χ3v) is 4.34. The molecule has 27 heavy (non-hydrogen) atoms. The summed E-state index contributed by atoms with van der Waals surface area (Å²) in [5.74, 6) is 2.83. The lowest BCUT2D eigenvalue weighted by Crippen LogP contribution is -2.03. The molecule has 2 heterocycles. The van der Waals surface area contributed by atoms with Crippen molar-refractivity contribution in [2.24, 2.45) is 0 Å². The average Bonchev–Trinajstić information content (AvgIpc) is 3.12. The molecule has 0 saturated heterocycles. The lowest BCUT2D eigenvalue weighted by molar-refractivity contribution is 0.174. The van der Waals surface area contributed by atoms with E-state index in [1.807, 2.05) is 31.2 Å². The molecule has 0 unspecified atom stereocenters. The molecule has 0 spiro atoms. The molecule has 0 saturated carbocycles. The van der Waals surface area contributed by atoms with Gasteiger partial charge in [-0.25, -0.2) is 0 Å². The molecule has 0 radical (unpaired) electrons. The van der Waals surface area contributed by atoms with Crippen molar-refractivity contribution in [1.29, 1.82) is 0 Å². The summed E-state index contributed by atoms with van der Waals surface area (Å²) in [7, 11) is 1.57. The topological polar surface area (TPSA) is 90.4 Å². The first-order valence-electron chi connectivity index (χ1n) is 8.10. The SMILES string of the molecule is COc1cc(Cl)c(C)cc1Nc1nncc(Nc2ccc3c(c2)OCO3)n1. The zero-order chi connectivity index (χ0) is 18.8. The van der Waals surface area contributed by atoms with E-state index in [9.17, 15) is 0 Å². The van der Waals surface area contributed by atoms with Crippen LogP contribution in [-0.2, 0) is 0 Å². The van der Waals surface area contributed by atoms with Crippen LogP contribution in [0.2, 0.25) is 5.02 Å². The van der Waals surface area contributed by atoms with Gasteiger partial charge in [0.05, 0.1) is 19.0 Å². The Kier molecular flexibility index (Phi) is 4.55. The Balaban J connectivity index is 1.55. The van der Waals surface area contributed by atoms with Gasteiger partial charge in [0.2, 0.25) is 12.7 Å². The van der Waals surface area contributed by atoms with E-state index < -0.39 is 0 Å². The molecule has 2 aromatic carbocycles. The van der Waals surface area contributed by atoms with Crippen LogP contribution >= 0.6 is 11.6 Å². The number of hydrogen-bond acceptors (Lipinski definition) is 8. The number of anilines is 4. The van der Waals surface area contributed by atoms with Crippen molar-refractivity contribution < 1.29 is 14.2 Å². The van der Waals surface area contributed by atoms with Crippen molar-refractivity contribution in [3.8, 4) is 17.2 Å². The fraction of sp³-hybridized carbons (Fsp3) is 0.167. The molecule has 1 aromatic heterocycles.